The standard InChI is InChI=1S/C17H22N4/c1-2-14(18)15(19)11-8-12-6-9-13(10-7-12)16-4-3-5-17(20)21-16/h3-7,9-10,14,19H,2,8,11,18H2,1H3,(H2,20,21). The van der Waals surface area contributed by atoms with E-state index in [1.807, 2.05) is 31.2 Å². The second kappa shape index (κ2) is 6.99. The third-order valence-corrected chi connectivity index (χ3v) is 3.59. The second-order valence-electron chi connectivity index (χ2n) is 5.18. The Hall–Kier alpha value is -2.20. The van der Waals surface area contributed by atoms with Crippen molar-refractivity contribution in [3.63, 3.8) is 0 Å². The van der Waals surface area contributed by atoms with Crippen molar-refractivity contribution in [3.8, 4) is 11.3 Å². The van der Waals surface area contributed by atoms with Gasteiger partial charge in [0.15, 0.2) is 0 Å². The van der Waals surface area contributed by atoms with Crippen LogP contribution in [0.1, 0.15) is 25.3 Å². The summed E-state index contributed by atoms with van der Waals surface area (Å²) in [7, 11) is 0. The summed E-state index contributed by atoms with van der Waals surface area (Å²) in [6, 6.07) is 13.7. The Morgan fingerprint density at radius 2 is 1.90 bits per heavy atom. The van der Waals surface area contributed by atoms with E-state index in [-0.39, 0.29) is 6.04 Å². The third-order valence-electron chi connectivity index (χ3n) is 3.59. The van der Waals surface area contributed by atoms with E-state index in [0.29, 0.717) is 18.0 Å². The molecule has 2 rings (SSSR count). The molecule has 1 aromatic carbocycles. The van der Waals surface area contributed by atoms with Crippen molar-refractivity contribution < 1.29 is 0 Å². The number of hydrogen-bond acceptors (Lipinski definition) is 4. The molecule has 1 unspecified atom stereocenters. The average molecular weight is 282 g/mol. The Morgan fingerprint density at radius 3 is 2.52 bits per heavy atom. The van der Waals surface area contributed by atoms with Crippen LogP contribution in [0.3, 0.4) is 0 Å². The van der Waals surface area contributed by atoms with Gasteiger partial charge in [-0.1, -0.05) is 37.3 Å². The van der Waals surface area contributed by atoms with Crippen LogP contribution in [-0.2, 0) is 6.42 Å². The maximum Gasteiger partial charge on any atom is 0.124 e. The first-order valence-corrected chi connectivity index (χ1v) is 7.25. The highest BCUT2D eigenvalue weighted by atomic mass is 14.8. The van der Waals surface area contributed by atoms with Gasteiger partial charge in [-0.05, 0) is 37.0 Å². The van der Waals surface area contributed by atoms with E-state index in [1.165, 1.54) is 5.56 Å². The Bertz CT molecular complexity index is 604. The van der Waals surface area contributed by atoms with E-state index < -0.39 is 0 Å². The fourth-order valence-electron chi connectivity index (χ4n) is 2.17. The van der Waals surface area contributed by atoms with Crippen molar-refractivity contribution in [2.75, 3.05) is 5.73 Å². The van der Waals surface area contributed by atoms with Crippen LogP contribution in [0.2, 0.25) is 0 Å². The SMILES string of the molecule is CCC(N)C(=N)CCc1ccc(-c2cccc(N)n2)cc1. The van der Waals surface area contributed by atoms with Gasteiger partial charge in [-0.15, -0.1) is 0 Å². The van der Waals surface area contributed by atoms with E-state index in [2.05, 4.69) is 17.1 Å². The summed E-state index contributed by atoms with van der Waals surface area (Å²) >= 11 is 0. The summed E-state index contributed by atoms with van der Waals surface area (Å²) in [4.78, 5) is 4.31. The molecule has 1 heterocycles. The summed E-state index contributed by atoms with van der Waals surface area (Å²) in [6.07, 6.45) is 2.38. The number of nitrogens with two attached hydrogens (primary N) is 2. The molecule has 21 heavy (non-hydrogen) atoms. The number of nitrogens with zero attached hydrogens (tertiary/aromatic N) is 1. The van der Waals surface area contributed by atoms with Gasteiger partial charge in [0.25, 0.3) is 0 Å². The number of hydrogen-bond donors (Lipinski definition) is 3. The number of rotatable bonds is 6. The second-order valence-corrected chi connectivity index (χ2v) is 5.18. The normalized spacial score (nSPS) is 12.1. The molecule has 0 fully saturated rings. The van der Waals surface area contributed by atoms with Gasteiger partial charge in [0.05, 0.1) is 5.69 Å². The van der Waals surface area contributed by atoms with Crippen LogP contribution in [0.4, 0.5) is 5.82 Å². The molecule has 1 atom stereocenters. The van der Waals surface area contributed by atoms with Crippen molar-refractivity contribution in [3.05, 3.63) is 48.0 Å². The molecule has 4 heteroatoms. The predicted octanol–water partition coefficient (Wildman–Crippen LogP) is 3.02. The lowest BCUT2D eigenvalue weighted by atomic mass is 10.0. The van der Waals surface area contributed by atoms with Crippen molar-refractivity contribution in [2.24, 2.45) is 5.73 Å². The van der Waals surface area contributed by atoms with Crippen LogP contribution in [0.25, 0.3) is 11.3 Å². The number of nitrogens with one attached hydrogen (secondary N) is 1. The number of aromatic nitrogens is 1. The molecule has 5 N–H and O–H groups in total. The summed E-state index contributed by atoms with van der Waals surface area (Å²) in [6.45, 7) is 2.01. The van der Waals surface area contributed by atoms with Gasteiger partial charge in [-0.3, -0.25) is 0 Å². The Labute approximate surface area is 125 Å². The van der Waals surface area contributed by atoms with Crippen molar-refractivity contribution in [1.29, 1.82) is 5.41 Å². The molecule has 0 bridgehead atoms. The van der Waals surface area contributed by atoms with Crippen LogP contribution in [0.5, 0.6) is 0 Å². The number of anilines is 1. The highest BCUT2D eigenvalue weighted by Crippen LogP contribution is 2.19. The van der Waals surface area contributed by atoms with Gasteiger partial charge < -0.3 is 16.9 Å². The Morgan fingerprint density at radius 1 is 1.19 bits per heavy atom. The smallest absolute Gasteiger partial charge is 0.124 e. The van der Waals surface area contributed by atoms with Gasteiger partial charge in [-0.25, -0.2) is 4.98 Å². The molecule has 0 amide bonds. The largest absolute Gasteiger partial charge is 0.384 e. The lowest BCUT2D eigenvalue weighted by Crippen LogP contribution is -2.29. The zero-order chi connectivity index (χ0) is 15.2. The lowest BCUT2D eigenvalue weighted by molar-refractivity contribution is 0.787. The summed E-state index contributed by atoms with van der Waals surface area (Å²) < 4.78 is 0. The Balaban J connectivity index is 2.01. The number of nitrogen functional groups attached to an aromatic ring is 1. The molecular weight excluding hydrogens is 260 g/mol. The molecule has 0 aliphatic carbocycles. The minimum absolute atomic E-state index is 0.110. The van der Waals surface area contributed by atoms with Gasteiger partial charge in [-0.2, -0.15) is 0 Å². The van der Waals surface area contributed by atoms with E-state index in [9.17, 15) is 0 Å². The summed E-state index contributed by atoms with van der Waals surface area (Å²) in [5, 5.41) is 7.90. The monoisotopic (exact) mass is 282 g/mol. The van der Waals surface area contributed by atoms with Crippen molar-refractivity contribution in [2.45, 2.75) is 32.2 Å². The molecule has 0 aliphatic heterocycles. The highest BCUT2D eigenvalue weighted by molar-refractivity contribution is 5.86. The lowest BCUT2D eigenvalue weighted by Gasteiger charge is -2.10. The molecule has 1 aromatic heterocycles. The van der Waals surface area contributed by atoms with Gasteiger partial charge in [0.1, 0.15) is 5.82 Å². The number of pyridine rings is 1. The zero-order valence-corrected chi connectivity index (χ0v) is 12.3. The molecule has 4 nitrogen and oxygen atoms in total. The Kier molecular flexibility index (Phi) is 5.06. The molecule has 0 saturated heterocycles. The van der Waals surface area contributed by atoms with Gasteiger partial charge in [0.2, 0.25) is 0 Å². The minimum atomic E-state index is -0.110. The maximum atomic E-state index is 7.90. The quantitative estimate of drug-likeness (QED) is 0.711. The van der Waals surface area contributed by atoms with E-state index in [1.54, 1.807) is 6.07 Å². The maximum absolute atomic E-state index is 7.90. The van der Waals surface area contributed by atoms with Crippen LogP contribution >= 0.6 is 0 Å². The molecule has 0 aliphatic rings. The van der Waals surface area contributed by atoms with Gasteiger partial charge in [0, 0.05) is 17.3 Å². The molecule has 0 spiro atoms. The summed E-state index contributed by atoms with van der Waals surface area (Å²) in [5.74, 6) is 0.526. The molecule has 0 saturated carbocycles. The number of benzene rings is 1. The number of aryl methyl sites for hydroxylation is 1. The van der Waals surface area contributed by atoms with Crippen LogP contribution < -0.4 is 11.5 Å². The molecule has 0 radical (unpaired) electrons. The van der Waals surface area contributed by atoms with E-state index in [0.717, 1.165) is 24.1 Å². The van der Waals surface area contributed by atoms with Crippen molar-refractivity contribution in [1.82, 2.24) is 4.98 Å². The average Bonchev–Trinajstić information content (AvgIpc) is 2.52. The van der Waals surface area contributed by atoms with Crippen LogP contribution in [-0.4, -0.2) is 16.7 Å². The first-order valence-electron chi connectivity index (χ1n) is 7.25. The topological polar surface area (TPSA) is 88.8 Å². The highest BCUT2D eigenvalue weighted by Gasteiger charge is 2.07. The van der Waals surface area contributed by atoms with Crippen LogP contribution in [0, 0.1) is 5.41 Å². The molecule has 2 aromatic rings. The first kappa shape index (κ1) is 15.2. The summed E-state index contributed by atoms with van der Waals surface area (Å²) in [5.41, 5.74) is 15.3. The minimum Gasteiger partial charge on any atom is -0.384 e. The van der Waals surface area contributed by atoms with Crippen molar-refractivity contribution >= 4 is 11.5 Å². The van der Waals surface area contributed by atoms with Crippen LogP contribution in [0.15, 0.2) is 42.5 Å². The zero-order valence-electron chi connectivity index (χ0n) is 12.3. The fourth-order valence-corrected chi connectivity index (χ4v) is 2.17. The first-order chi connectivity index (χ1) is 10.1. The van der Waals surface area contributed by atoms with E-state index >= 15 is 0 Å². The molecular formula is C17H22N4. The predicted molar refractivity (Wildman–Crippen MR) is 88.4 cm³/mol. The van der Waals surface area contributed by atoms with Gasteiger partial charge >= 0.3 is 0 Å². The fraction of sp³-hybridized carbons (Fsp3) is 0.294. The van der Waals surface area contributed by atoms with E-state index in [4.69, 9.17) is 16.9 Å². The third kappa shape index (κ3) is 4.13. The molecule has 110 valence electrons.